The van der Waals surface area contributed by atoms with Crippen LogP contribution in [0.2, 0.25) is 0 Å². The van der Waals surface area contributed by atoms with Crippen LogP contribution in [0.25, 0.3) is 9.40 Å². The van der Waals surface area contributed by atoms with Gasteiger partial charge in [-0.15, -0.1) is 22.7 Å². The second kappa shape index (κ2) is 10.0. The maximum atomic E-state index is 12.4. The van der Waals surface area contributed by atoms with Crippen molar-refractivity contribution in [3.63, 3.8) is 0 Å². The molecule has 2 aromatic heterocycles. The lowest BCUT2D eigenvalue weighted by Crippen LogP contribution is -2.06. The maximum absolute atomic E-state index is 12.4. The van der Waals surface area contributed by atoms with E-state index < -0.39 is 0 Å². The van der Waals surface area contributed by atoms with E-state index in [1.54, 1.807) is 11.3 Å². The minimum Gasteiger partial charge on any atom is -0.422 e. The third-order valence-electron chi connectivity index (χ3n) is 4.66. The van der Waals surface area contributed by atoms with Crippen molar-refractivity contribution in [1.29, 1.82) is 0 Å². The van der Waals surface area contributed by atoms with Crippen LogP contribution in [0.1, 0.15) is 72.5 Å². The summed E-state index contributed by atoms with van der Waals surface area (Å²) in [5.74, 6) is 0.367. The molecule has 4 heteroatoms. The summed E-state index contributed by atoms with van der Waals surface area (Å²) < 4.78 is 7.94. The number of carbonyl (C=O) groups is 1. The number of hydrogen-bond acceptors (Lipinski definition) is 4. The number of rotatable bonds is 10. The molecule has 0 radical (unpaired) electrons. The predicted octanol–water partition coefficient (Wildman–Crippen LogP) is 7.65. The van der Waals surface area contributed by atoms with Gasteiger partial charge in [-0.25, -0.2) is 4.79 Å². The molecule has 0 saturated carbocycles. The predicted molar refractivity (Wildman–Crippen MR) is 118 cm³/mol. The molecule has 2 heterocycles. The van der Waals surface area contributed by atoms with Gasteiger partial charge >= 0.3 is 5.97 Å². The summed E-state index contributed by atoms with van der Waals surface area (Å²) in [5, 5.41) is 0. The van der Waals surface area contributed by atoms with E-state index in [0.29, 0.717) is 10.6 Å². The highest BCUT2D eigenvalue weighted by atomic mass is 32.1. The maximum Gasteiger partial charge on any atom is 0.353 e. The first-order valence-corrected chi connectivity index (χ1v) is 11.7. The summed E-state index contributed by atoms with van der Waals surface area (Å²) in [6, 6.07) is 12.2. The number of esters is 1. The van der Waals surface area contributed by atoms with E-state index in [4.69, 9.17) is 4.74 Å². The molecule has 3 aromatic rings. The largest absolute Gasteiger partial charge is 0.422 e. The van der Waals surface area contributed by atoms with E-state index in [2.05, 4.69) is 32.0 Å². The van der Waals surface area contributed by atoms with Crippen molar-refractivity contribution in [3.05, 3.63) is 51.7 Å². The molecular weight excluding hydrogens is 372 g/mol. The molecule has 2 nitrogen and oxygen atoms in total. The first kappa shape index (κ1) is 20.1. The fourth-order valence-corrected chi connectivity index (χ4v) is 5.57. The molecule has 0 atom stereocenters. The number of thiophene rings is 2. The quantitative estimate of drug-likeness (QED) is 0.198. The summed E-state index contributed by atoms with van der Waals surface area (Å²) in [6.07, 6.45) is 9.81. The zero-order valence-electron chi connectivity index (χ0n) is 16.3. The van der Waals surface area contributed by atoms with Gasteiger partial charge < -0.3 is 4.74 Å². The third-order valence-corrected chi connectivity index (χ3v) is 6.99. The van der Waals surface area contributed by atoms with Gasteiger partial charge in [0.1, 0.15) is 10.6 Å². The summed E-state index contributed by atoms with van der Waals surface area (Å²) in [4.78, 5) is 14.5. The third kappa shape index (κ3) is 5.66. The van der Waals surface area contributed by atoms with Crippen LogP contribution in [0.15, 0.2) is 36.4 Å². The fraction of sp³-hybridized carbons (Fsp3) is 0.435. The zero-order chi connectivity index (χ0) is 19.1. The van der Waals surface area contributed by atoms with Gasteiger partial charge in [0.05, 0.1) is 0 Å². The van der Waals surface area contributed by atoms with Crippen molar-refractivity contribution in [2.45, 2.75) is 65.2 Å². The smallest absolute Gasteiger partial charge is 0.353 e. The molecule has 0 spiro atoms. The van der Waals surface area contributed by atoms with E-state index in [0.717, 1.165) is 19.3 Å². The standard InChI is InChI=1S/C23H28O2S2/c1-3-5-6-7-8-10-17-11-13-18(14-12-17)25-23(24)22-16-21-20(27-22)15-19(26-21)9-4-2/h11-16H,3-10H2,1-2H3. The highest BCUT2D eigenvalue weighted by Crippen LogP contribution is 2.34. The van der Waals surface area contributed by atoms with Crippen LogP contribution in [0.5, 0.6) is 5.75 Å². The second-order valence-electron chi connectivity index (χ2n) is 7.00. The minimum atomic E-state index is -0.257. The second-order valence-corrected chi connectivity index (χ2v) is 9.25. The monoisotopic (exact) mass is 400 g/mol. The Kier molecular flexibility index (Phi) is 7.48. The lowest BCUT2D eigenvalue weighted by Gasteiger charge is -2.05. The van der Waals surface area contributed by atoms with Crippen LogP contribution in [-0.4, -0.2) is 5.97 Å². The molecular formula is C23H28O2S2. The molecule has 0 fully saturated rings. The Labute approximate surface area is 170 Å². The molecule has 0 saturated heterocycles. The molecule has 27 heavy (non-hydrogen) atoms. The molecule has 0 bridgehead atoms. The Morgan fingerprint density at radius 1 is 0.852 bits per heavy atom. The molecule has 0 unspecified atom stereocenters. The molecule has 0 N–H and O–H groups in total. The average molecular weight is 401 g/mol. The number of benzene rings is 1. The van der Waals surface area contributed by atoms with Crippen LogP contribution in [-0.2, 0) is 12.8 Å². The molecule has 144 valence electrons. The number of hydrogen-bond donors (Lipinski definition) is 0. The first-order valence-electron chi connectivity index (χ1n) is 10.0. The Morgan fingerprint density at radius 3 is 2.30 bits per heavy atom. The van der Waals surface area contributed by atoms with Gasteiger partial charge in [-0.05, 0) is 49.1 Å². The topological polar surface area (TPSA) is 26.3 Å². The molecule has 0 aliphatic carbocycles. The fourth-order valence-electron chi connectivity index (χ4n) is 3.17. The highest BCUT2D eigenvalue weighted by molar-refractivity contribution is 7.28. The summed E-state index contributed by atoms with van der Waals surface area (Å²) >= 11 is 3.31. The Morgan fingerprint density at radius 2 is 1.59 bits per heavy atom. The van der Waals surface area contributed by atoms with Crippen LogP contribution in [0.3, 0.4) is 0 Å². The van der Waals surface area contributed by atoms with E-state index in [-0.39, 0.29) is 5.97 Å². The lowest BCUT2D eigenvalue weighted by atomic mass is 10.1. The van der Waals surface area contributed by atoms with Gasteiger partial charge in [-0.3, -0.25) is 0 Å². The van der Waals surface area contributed by atoms with E-state index in [1.165, 1.54) is 63.3 Å². The molecule has 1 aromatic carbocycles. The van der Waals surface area contributed by atoms with Crippen LogP contribution in [0.4, 0.5) is 0 Å². The number of aryl methyl sites for hydroxylation is 2. The highest BCUT2D eigenvalue weighted by Gasteiger charge is 2.14. The summed E-state index contributed by atoms with van der Waals surface area (Å²) in [6.45, 7) is 4.43. The van der Waals surface area contributed by atoms with Crippen molar-refractivity contribution in [2.75, 3.05) is 0 Å². The van der Waals surface area contributed by atoms with Gasteiger partial charge in [-0.2, -0.15) is 0 Å². The number of carbonyl (C=O) groups excluding carboxylic acids is 1. The first-order chi connectivity index (χ1) is 13.2. The number of ether oxygens (including phenoxy) is 1. The number of fused-ring (bicyclic) bond motifs is 1. The Balaban J connectivity index is 1.53. The molecule has 0 amide bonds. The SMILES string of the molecule is CCCCCCCc1ccc(OC(=O)c2cc3sc(CCC)cc3s2)cc1. The summed E-state index contributed by atoms with van der Waals surface area (Å²) in [5.41, 5.74) is 1.31. The molecule has 0 aliphatic heterocycles. The van der Waals surface area contributed by atoms with Gasteiger partial charge in [0.2, 0.25) is 0 Å². The zero-order valence-corrected chi connectivity index (χ0v) is 17.9. The van der Waals surface area contributed by atoms with E-state index >= 15 is 0 Å². The van der Waals surface area contributed by atoms with Gasteiger partial charge in [0.25, 0.3) is 0 Å². The average Bonchev–Trinajstić information content (AvgIpc) is 3.22. The van der Waals surface area contributed by atoms with E-state index in [9.17, 15) is 4.79 Å². The Bertz CT molecular complexity index is 827. The number of unbranched alkanes of at least 4 members (excludes halogenated alkanes) is 4. The minimum absolute atomic E-state index is 0.257. The van der Waals surface area contributed by atoms with Crippen molar-refractivity contribution < 1.29 is 9.53 Å². The van der Waals surface area contributed by atoms with Gasteiger partial charge in [0, 0.05) is 14.3 Å². The van der Waals surface area contributed by atoms with Crippen molar-refractivity contribution in [2.24, 2.45) is 0 Å². The molecule has 3 rings (SSSR count). The Hall–Kier alpha value is -1.65. The van der Waals surface area contributed by atoms with Crippen molar-refractivity contribution in [3.8, 4) is 5.75 Å². The van der Waals surface area contributed by atoms with E-state index in [1.807, 2.05) is 18.2 Å². The van der Waals surface area contributed by atoms with Crippen LogP contribution >= 0.6 is 22.7 Å². The summed E-state index contributed by atoms with van der Waals surface area (Å²) in [7, 11) is 0. The van der Waals surface area contributed by atoms with Crippen LogP contribution < -0.4 is 4.74 Å². The van der Waals surface area contributed by atoms with Crippen LogP contribution in [0, 0.1) is 0 Å². The van der Waals surface area contributed by atoms with Gasteiger partial charge in [0.15, 0.2) is 0 Å². The van der Waals surface area contributed by atoms with Gasteiger partial charge in [-0.1, -0.05) is 58.1 Å². The lowest BCUT2D eigenvalue weighted by molar-refractivity contribution is 0.0740. The van der Waals surface area contributed by atoms with Crippen molar-refractivity contribution in [1.82, 2.24) is 0 Å². The normalized spacial score (nSPS) is 11.2. The molecule has 0 aliphatic rings. The van der Waals surface area contributed by atoms with Crippen molar-refractivity contribution >= 4 is 38.0 Å².